The first-order valence-electron chi connectivity index (χ1n) is 7.17. The zero-order chi connectivity index (χ0) is 17.1. The molecule has 24 heavy (non-hydrogen) atoms. The van der Waals surface area contributed by atoms with Gasteiger partial charge in [-0.3, -0.25) is 0 Å². The number of halogens is 2. The van der Waals surface area contributed by atoms with E-state index in [4.69, 9.17) is 10.5 Å². The number of carbonyl (C=O) groups is 1. The topological polar surface area (TPSA) is 52.3 Å². The molecule has 0 radical (unpaired) electrons. The molecule has 0 aliphatic carbocycles. The number of hydrogen-bond donors (Lipinski definition) is 1. The lowest BCUT2D eigenvalue weighted by Gasteiger charge is -2.09. The molecule has 120 valence electrons. The molecule has 3 nitrogen and oxygen atoms in total. The third-order valence-electron chi connectivity index (χ3n) is 3.51. The number of nitrogens with two attached hydrogens (primary N) is 1. The lowest BCUT2D eigenvalue weighted by atomic mass is 9.99. The first kappa shape index (κ1) is 15.7. The lowest BCUT2D eigenvalue weighted by molar-refractivity contribution is 0.211. The maximum absolute atomic E-state index is 14.4. The Bertz CT molecular complexity index is 855. The summed E-state index contributed by atoms with van der Waals surface area (Å²) in [6, 6.07) is 17.3. The number of rotatable bonds is 3. The molecule has 0 saturated carbocycles. The highest BCUT2D eigenvalue weighted by Crippen LogP contribution is 2.31. The molecular formula is C19H13F2NO2. The Balaban J connectivity index is 1.97. The largest absolute Gasteiger partial charge is 0.411 e. The minimum atomic E-state index is -0.924. The maximum Gasteiger partial charge on any atom is 0.409 e. The maximum atomic E-state index is 14.4. The van der Waals surface area contributed by atoms with E-state index in [1.54, 1.807) is 42.5 Å². The van der Waals surface area contributed by atoms with Crippen molar-refractivity contribution < 1.29 is 18.3 Å². The van der Waals surface area contributed by atoms with Gasteiger partial charge in [0.05, 0.1) is 5.56 Å². The van der Waals surface area contributed by atoms with Crippen LogP contribution in [-0.2, 0) is 0 Å². The number of benzene rings is 3. The van der Waals surface area contributed by atoms with Crippen molar-refractivity contribution in [3.05, 3.63) is 78.4 Å². The van der Waals surface area contributed by atoms with Crippen molar-refractivity contribution in [3.63, 3.8) is 0 Å². The van der Waals surface area contributed by atoms with Crippen LogP contribution >= 0.6 is 0 Å². The highest BCUT2D eigenvalue weighted by atomic mass is 19.1. The van der Waals surface area contributed by atoms with Gasteiger partial charge in [-0.05, 0) is 41.0 Å². The van der Waals surface area contributed by atoms with E-state index in [9.17, 15) is 13.6 Å². The van der Waals surface area contributed by atoms with E-state index >= 15 is 0 Å². The van der Waals surface area contributed by atoms with Crippen molar-refractivity contribution in [2.45, 2.75) is 0 Å². The number of carbonyl (C=O) groups excluding carboxylic acids is 1. The standard InChI is InChI=1S/C19H13F2NO2/c20-16-10-14(12-6-8-15(9-7-12)24-19(22)23)11-17(21)18(16)13-4-2-1-3-5-13/h1-11H,(H2,22,23). The molecule has 0 saturated heterocycles. The van der Waals surface area contributed by atoms with E-state index < -0.39 is 17.7 Å². The number of amides is 1. The van der Waals surface area contributed by atoms with E-state index in [1.807, 2.05) is 0 Å². The highest BCUT2D eigenvalue weighted by molar-refractivity contribution is 5.73. The summed E-state index contributed by atoms with van der Waals surface area (Å²) < 4.78 is 33.5. The Morgan fingerprint density at radius 1 is 0.792 bits per heavy atom. The van der Waals surface area contributed by atoms with Crippen LogP contribution < -0.4 is 10.5 Å². The molecule has 5 heteroatoms. The predicted molar refractivity (Wildman–Crippen MR) is 87.4 cm³/mol. The molecule has 0 aliphatic heterocycles. The Morgan fingerprint density at radius 2 is 1.38 bits per heavy atom. The van der Waals surface area contributed by atoms with E-state index in [0.717, 1.165) is 0 Å². The van der Waals surface area contributed by atoms with Crippen LogP contribution in [0.2, 0.25) is 0 Å². The molecule has 1 amide bonds. The average Bonchev–Trinajstić information content (AvgIpc) is 2.55. The molecule has 0 heterocycles. The van der Waals surface area contributed by atoms with Crippen LogP contribution in [0.1, 0.15) is 0 Å². The fourth-order valence-electron chi connectivity index (χ4n) is 2.45. The summed E-state index contributed by atoms with van der Waals surface area (Å²) in [7, 11) is 0. The third kappa shape index (κ3) is 3.25. The molecular weight excluding hydrogens is 312 g/mol. The van der Waals surface area contributed by atoms with Crippen molar-refractivity contribution in [3.8, 4) is 28.0 Å². The van der Waals surface area contributed by atoms with Crippen LogP contribution in [0.5, 0.6) is 5.75 Å². The second-order valence-corrected chi connectivity index (χ2v) is 5.13. The summed E-state index contributed by atoms with van der Waals surface area (Å²) in [5.41, 5.74) is 6.31. The van der Waals surface area contributed by atoms with Gasteiger partial charge in [0, 0.05) is 0 Å². The quantitative estimate of drug-likeness (QED) is 0.755. The predicted octanol–water partition coefficient (Wildman–Crippen LogP) is 4.76. The fourth-order valence-corrected chi connectivity index (χ4v) is 2.45. The number of hydrogen-bond acceptors (Lipinski definition) is 2. The van der Waals surface area contributed by atoms with Gasteiger partial charge >= 0.3 is 6.09 Å². The molecule has 3 aromatic rings. The zero-order valence-corrected chi connectivity index (χ0v) is 12.5. The van der Waals surface area contributed by atoms with Crippen molar-refractivity contribution in [2.75, 3.05) is 0 Å². The molecule has 3 aromatic carbocycles. The summed E-state index contributed by atoms with van der Waals surface area (Å²) in [5, 5.41) is 0. The van der Waals surface area contributed by atoms with Gasteiger partial charge in [-0.25, -0.2) is 13.6 Å². The van der Waals surface area contributed by atoms with Crippen LogP contribution in [0, 0.1) is 11.6 Å². The molecule has 0 aliphatic rings. The minimum Gasteiger partial charge on any atom is -0.411 e. The highest BCUT2D eigenvalue weighted by Gasteiger charge is 2.14. The third-order valence-corrected chi connectivity index (χ3v) is 3.51. The van der Waals surface area contributed by atoms with Crippen LogP contribution in [0.15, 0.2) is 66.7 Å². The molecule has 0 bridgehead atoms. The van der Waals surface area contributed by atoms with Crippen molar-refractivity contribution in [1.82, 2.24) is 0 Å². The number of primary amides is 1. The SMILES string of the molecule is NC(=O)Oc1ccc(-c2cc(F)c(-c3ccccc3)c(F)c2)cc1. The van der Waals surface area contributed by atoms with Crippen LogP contribution in [-0.4, -0.2) is 6.09 Å². The molecule has 0 unspecified atom stereocenters. The smallest absolute Gasteiger partial charge is 0.409 e. The second-order valence-electron chi connectivity index (χ2n) is 5.13. The van der Waals surface area contributed by atoms with E-state index in [-0.39, 0.29) is 11.3 Å². The van der Waals surface area contributed by atoms with Gasteiger partial charge in [-0.1, -0.05) is 42.5 Å². The van der Waals surface area contributed by atoms with E-state index in [1.165, 1.54) is 24.3 Å². The second kappa shape index (κ2) is 6.50. The Labute approximate surface area is 137 Å². The molecule has 3 rings (SSSR count). The lowest BCUT2D eigenvalue weighted by Crippen LogP contribution is -2.16. The Morgan fingerprint density at radius 3 is 1.92 bits per heavy atom. The van der Waals surface area contributed by atoms with Gasteiger partial charge < -0.3 is 10.5 Å². The van der Waals surface area contributed by atoms with Crippen molar-refractivity contribution in [1.29, 1.82) is 0 Å². The van der Waals surface area contributed by atoms with Gasteiger partial charge in [0.25, 0.3) is 0 Å². The number of ether oxygens (including phenoxy) is 1. The molecule has 0 aromatic heterocycles. The average molecular weight is 325 g/mol. The van der Waals surface area contributed by atoms with Gasteiger partial charge in [0.1, 0.15) is 17.4 Å². The first-order valence-corrected chi connectivity index (χ1v) is 7.17. The van der Waals surface area contributed by atoms with Gasteiger partial charge in [-0.15, -0.1) is 0 Å². The molecule has 0 atom stereocenters. The molecule has 2 N–H and O–H groups in total. The van der Waals surface area contributed by atoms with Crippen LogP contribution in [0.4, 0.5) is 13.6 Å². The summed E-state index contributed by atoms with van der Waals surface area (Å²) in [4.78, 5) is 10.7. The zero-order valence-electron chi connectivity index (χ0n) is 12.5. The summed E-state index contributed by atoms with van der Waals surface area (Å²) in [6.07, 6.45) is -0.924. The molecule has 0 fully saturated rings. The van der Waals surface area contributed by atoms with Gasteiger partial charge in [-0.2, -0.15) is 0 Å². The van der Waals surface area contributed by atoms with Crippen molar-refractivity contribution in [2.24, 2.45) is 5.73 Å². The Kier molecular flexibility index (Phi) is 4.24. The first-order chi connectivity index (χ1) is 11.5. The summed E-state index contributed by atoms with van der Waals surface area (Å²) in [6.45, 7) is 0. The van der Waals surface area contributed by atoms with Gasteiger partial charge in [0.15, 0.2) is 0 Å². The van der Waals surface area contributed by atoms with Gasteiger partial charge in [0.2, 0.25) is 0 Å². The minimum absolute atomic E-state index is 0.0620. The fraction of sp³-hybridized carbons (Fsp3) is 0. The summed E-state index contributed by atoms with van der Waals surface area (Å²) >= 11 is 0. The molecule has 0 spiro atoms. The van der Waals surface area contributed by atoms with E-state index in [2.05, 4.69) is 0 Å². The van der Waals surface area contributed by atoms with Crippen LogP contribution in [0.25, 0.3) is 22.3 Å². The van der Waals surface area contributed by atoms with Crippen LogP contribution in [0.3, 0.4) is 0 Å². The monoisotopic (exact) mass is 325 g/mol. The summed E-state index contributed by atoms with van der Waals surface area (Å²) in [5.74, 6) is -1.03. The van der Waals surface area contributed by atoms with Crippen molar-refractivity contribution >= 4 is 6.09 Å². The normalized spacial score (nSPS) is 10.4. The Hall–Kier alpha value is -3.21. The van der Waals surface area contributed by atoms with E-state index in [0.29, 0.717) is 16.7 Å².